The molecular weight excluding hydrogens is 650 g/mol. The van der Waals surface area contributed by atoms with Crippen LogP contribution in [0.1, 0.15) is 41.6 Å². The molecule has 2 N–H and O–H groups in total. The van der Waals surface area contributed by atoms with Crippen LogP contribution in [0.2, 0.25) is 0 Å². The lowest BCUT2D eigenvalue weighted by Crippen LogP contribution is -2.57. The maximum absolute atomic E-state index is 14.0. The van der Waals surface area contributed by atoms with Crippen LogP contribution in [-0.4, -0.2) is 89.2 Å². The Morgan fingerprint density at radius 2 is 1.63 bits per heavy atom. The lowest BCUT2D eigenvalue weighted by Gasteiger charge is -2.41. The fourth-order valence-electron chi connectivity index (χ4n) is 6.54. The number of rotatable bonds is 5. The van der Waals surface area contributed by atoms with E-state index in [-0.39, 0.29) is 48.9 Å². The zero-order valence-corrected chi connectivity index (χ0v) is 28.7. The fourth-order valence-corrected chi connectivity index (χ4v) is 8.45. The number of carbonyl (C=O) groups excluding carboxylic acids is 2. The van der Waals surface area contributed by atoms with E-state index in [4.69, 9.17) is 23.7 Å². The minimum atomic E-state index is -2.91. The molecule has 12 nitrogen and oxygen atoms in total. The Hall–Kier alpha value is -4.49. The van der Waals surface area contributed by atoms with Gasteiger partial charge in [0.1, 0.15) is 29.6 Å². The normalized spacial score (nSPS) is 20.9. The monoisotopic (exact) mass is 693 g/mol. The number of methoxy groups -OCH3 is 2. The number of likely N-dealkylation sites (tertiary alicyclic amines) is 1. The van der Waals surface area contributed by atoms with Gasteiger partial charge in [-0.05, 0) is 79.9 Å². The largest absolute Gasteiger partial charge is 0.496 e. The van der Waals surface area contributed by atoms with Crippen molar-refractivity contribution < 1.29 is 41.7 Å². The number of sulfone groups is 1. The van der Waals surface area contributed by atoms with Crippen LogP contribution in [0.3, 0.4) is 0 Å². The van der Waals surface area contributed by atoms with Gasteiger partial charge in [-0.25, -0.2) is 8.42 Å². The number of ether oxygens (including phenoxy) is 5. The predicted molar refractivity (Wildman–Crippen MR) is 183 cm³/mol. The van der Waals surface area contributed by atoms with Gasteiger partial charge in [-0.2, -0.15) is 0 Å². The van der Waals surface area contributed by atoms with Crippen LogP contribution in [0.15, 0.2) is 60.7 Å². The zero-order chi connectivity index (χ0) is 34.4. The highest BCUT2D eigenvalue weighted by Crippen LogP contribution is 2.36. The number of benzene rings is 3. The average Bonchev–Trinajstić information content (AvgIpc) is 3.47. The molecule has 2 saturated heterocycles. The number of hydrogen-bond donors (Lipinski definition) is 2. The Labute approximate surface area is 286 Å². The van der Waals surface area contributed by atoms with Gasteiger partial charge < -0.3 is 39.2 Å². The second kappa shape index (κ2) is 15.0. The van der Waals surface area contributed by atoms with Crippen LogP contribution < -0.4 is 34.3 Å². The van der Waals surface area contributed by atoms with Gasteiger partial charge >= 0.3 is 0 Å². The SMILES string of the molecule is COc1cc2ccc1CNC(=O)C1(CCN(CCC3CCS(=O)(=O)C3)CC1)Oc1ccc(cc1)OCCNC(=O)c1ccc(OC)c(c1)O2. The number of piperidine rings is 1. The molecule has 262 valence electrons. The van der Waals surface area contributed by atoms with Crippen LogP contribution in [0.4, 0.5) is 0 Å². The highest BCUT2D eigenvalue weighted by Gasteiger charge is 2.44. The lowest BCUT2D eigenvalue weighted by atomic mass is 9.89. The van der Waals surface area contributed by atoms with Gasteiger partial charge in [0.2, 0.25) is 0 Å². The van der Waals surface area contributed by atoms with Crippen LogP contribution in [0, 0.1) is 5.92 Å². The first-order chi connectivity index (χ1) is 23.6. The Morgan fingerprint density at radius 1 is 0.898 bits per heavy atom. The highest BCUT2D eigenvalue weighted by atomic mass is 32.2. The van der Waals surface area contributed by atoms with Crippen LogP contribution >= 0.6 is 0 Å². The zero-order valence-electron chi connectivity index (χ0n) is 27.9. The third-order valence-electron chi connectivity index (χ3n) is 9.40. The lowest BCUT2D eigenvalue weighted by molar-refractivity contribution is -0.141. The predicted octanol–water partition coefficient (Wildman–Crippen LogP) is 3.97. The molecule has 3 aromatic rings. The van der Waals surface area contributed by atoms with Crippen LogP contribution in [-0.2, 0) is 21.2 Å². The van der Waals surface area contributed by atoms with Crippen LogP contribution in [0.5, 0.6) is 34.5 Å². The van der Waals surface area contributed by atoms with Crippen molar-refractivity contribution in [2.75, 3.05) is 58.5 Å². The van der Waals surface area contributed by atoms with Gasteiger partial charge in [0.15, 0.2) is 26.9 Å². The smallest absolute Gasteiger partial charge is 0.264 e. The Kier molecular flexibility index (Phi) is 10.5. The van der Waals surface area contributed by atoms with E-state index in [1.54, 1.807) is 61.7 Å². The molecule has 1 spiro atoms. The fraction of sp³-hybridized carbons (Fsp3) is 0.444. The Balaban J connectivity index is 1.22. The summed E-state index contributed by atoms with van der Waals surface area (Å²) < 4.78 is 53.5. The first-order valence-corrected chi connectivity index (χ1v) is 18.4. The molecule has 3 aromatic carbocycles. The molecule has 6 aliphatic heterocycles. The van der Waals surface area contributed by atoms with Gasteiger partial charge in [0.05, 0.1) is 32.3 Å². The summed E-state index contributed by atoms with van der Waals surface area (Å²) >= 11 is 0. The van der Waals surface area contributed by atoms with Crippen molar-refractivity contribution in [2.45, 2.75) is 37.8 Å². The number of amides is 2. The van der Waals surface area contributed by atoms with Crippen molar-refractivity contribution in [3.05, 3.63) is 71.8 Å². The molecule has 1 atom stereocenters. The molecule has 0 aliphatic carbocycles. The molecule has 0 saturated carbocycles. The maximum atomic E-state index is 14.0. The highest BCUT2D eigenvalue weighted by molar-refractivity contribution is 7.91. The summed E-state index contributed by atoms with van der Waals surface area (Å²) in [6.45, 7) is 2.77. The Bertz CT molecular complexity index is 1760. The average molecular weight is 694 g/mol. The summed E-state index contributed by atoms with van der Waals surface area (Å²) in [5.41, 5.74) is 0.0233. The minimum absolute atomic E-state index is 0.190. The van der Waals surface area contributed by atoms with E-state index >= 15 is 0 Å². The molecule has 6 aliphatic rings. The van der Waals surface area contributed by atoms with Crippen molar-refractivity contribution >= 4 is 21.7 Å². The number of nitrogens with zero attached hydrogens (tertiary/aromatic N) is 1. The minimum Gasteiger partial charge on any atom is -0.496 e. The van der Waals surface area contributed by atoms with E-state index in [2.05, 4.69) is 15.5 Å². The quantitative estimate of drug-likeness (QED) is 0.403. The Morgan fingerprint density at radius 3 is 2.35 bits per heavy atom. The summed E-state index contributed by atoms with van der Waals surface area (Å²) in [5, 5.41) is 5.96. The first-order valence-electron chi connectivity index (χ1n) is 16.6. The van der Waals surface area contributed by atoms with Gasteiger partial charge in [0.25, 0.3) is 11.8 Å². The van der Waals surface area contributed by atoms with Crippen molar-refractivity contribution in [1.29, 1.82) is 0 Å². The second-order valence-corrected chi connectivity index (χ2v) is 14.9. The molecule has 13 heteroatoms. The standard InChI is InChI=1S/C36H43N3O9S/c1-44-31-10-4-26-21-33(31)47-30-5-3-27(32(22-30)45-2)23-38-35(41)36(48-29-8-6-28(7-9-29)46-19-15-37-34(26)40)13-17-39(18-14-36)16-11-25-12-20-49(42,43)24-25/h3-10,21-22,25H,11-20,23-24H2,1-2H3,(H,37,40)(H,38,41). The van der Waals surface area contributed by atoms with Crippen molar-refractivity contribution in [3.8, 4) is 34.5 Å². The number of hydrogen-bond acceptors (Lipinski definition) is 10. The van der Waals surface area contributed by atoms with Crippen molar-refractivity contribution in [3.63, 3.8) is 0 Å². The molecule has 2 amide bonds. The van der Waals surface area contributed by atoms with E-state index in [1.165, 1.54) is 7.11 Å². The summed E-state index contributed by atoms with van der Waals surface area (Å²) in [6.07, 6.45) is 2.47. The second-order valence-electron chi connectivity index (χ2n) is 12.7. The molecule has 1 unspecified atom stereocenters. The number of carbonyl (C=O) groups is 2. The molecule has 49 heavy (non-hydrogen) atoms. The van der Waals surface area contributed by atoms with E-state index in [0.717, 1.165) is 24.9 Å². The third kappa shape index (κ3) is 8.39. The maximum Gasteiger partial charge on any atom is 0.264 e. The van der Waals surface area contributed by atoms with E-state index in [0.29, 0.717) is 66.0 Å². The summed E-state index contributed by atoms with van der Waals surface area (Å²) in [4.78, 5) is 29.2. The van der Waals surface area contributed by atoms with Gasteiger partial charge in [-0.15, -0.1) is 0 Å². The summed E-state index contributed by atoms with van der Waals surface area (Å²) in [7, 11) is 0.162. The molecule has 2 fully saturated rings. The van der Waals surface area contributed by atoms with E-state index in [1.807, 2.05) is 6.07 Å². The van der Waals surface area contributed by atoms with Gasteiger partial charge in [0, 0.05) is 49.7 Å². The summed E-state index contributed by atoms with van der Waals surface area (Å²) in [6, 6.07) is 17.4. The van der Waals surface area contributed by atoms with Crippen molar-refractivity contribution in [2.24, 2.45) is 5.92 Å². The topological polar surface area (TPSA) is 142 Å². The van der Waals surface area contributed by atoms with Gasteiger partial charge in [-0.3, -0.25) is 9.59 Å². The first kappa shape index (κ1) is 34.4. The third-order valence-corrected chi connectivity index (χ3v) is 11.2. The van der Waals surface area contributed by atoms with E-state index < -0.39 is 15.4 Å². The number of nitrogens with one attached hydrogen (secondary N) is 2. The molecule has 0 radical (unpaired) electrons. The van der Waals surface area contributed by atoms with Crippen molar-refractivity contribution in [1.82, 2.24) is 15.5 Å². The molecular formula is C36H43N3O9S. The molecule has 6 heterocycles. The van der Waals surface area contributed by atoms with E-state index in [9.17, 15) is 18.0 Å². The van der Waals surface area contributed by atoms with Gasteiger partial charge in [-0.1, -0.05) is 0 Å². The summed E-state index contributed by atoms with van der Waals surface area (Å²) in [5.74, 6) is 3.15. The molecule has 9 rings (SSSR count). The van der Waals surface area contributed by atoms with Crippen LogP contribution in [0.25, 0.3) is 0 Å². The molecule has 0 aromatic heterocycles. The molecule has 6 bridgehead atoms.